The van der Waals surface area contributed by atoms with Gasteiger partial charge in [0.15, 0.2) is 10.9 Å². The van der Waals surface area contributed by atoms with Gasteiger partial charge in [-0.25, -0.2) is 9.37 Å². The average molecular weight is 459 g/mol. The maximum absolute atomic E-state index is 14.7. The monoisotopic (exact) mass is 458 g/mol. The minimum Gasteiger partial charge on any atom is -0.297 e. The third-order valence-electron chi connectivity index (χ3n) is 5.81. The number of nitrogens with zero attached hydrogens (tertiary/aromatic N) is 2. The molecule has 2 aromatic rings. The zero-order valence-electron chi connectivity index (χ0n) is 17.8. The van der Waals surface area contributed by atoms with E-state index in [-0.39, 0.29) is 33.8 Å². The summed E-state index contributed by atoms with van der Waals surface area (Å²) in [5.41, 5.74) is 4.17. The van der Waals surface area contributed by atoms with Crippen LogP contribution in [0.2, 0.25) is 0 Å². The van der Waals surface area contributed by atoms with E-state index < -0.39 is 6.04 Å². The molecule has 1 aliphatic heterocycles. The Labute approximate surface area is 190 Å². The molecule has 2 atom stereocenters. The van der Waals surface area contributed by atoms with Crippen molar-refractivity contribution in [3.05, 3.63) is 57.8 Å². The molecule has 4 rings (SSSR count). The molecule has 0 spiro atoms. The van der Waals surface area contributed by atoms with Crippen LogP contribution >= 0.6 is 23.1 Å². The summed E-state index contributed by atoms with van der Waals surface area (Å²) in [6, 6.07) is 6.03. The predicted octanol–water partition coefficient (Wildman–Crippen LogP) is 5.38. The van der Waals surface area contributed by atoms with Crippen LogP contribution in [0, 0.1) is 17.7 Å². The number of likely N-dealkylation sites (tertiary alicyclic amines) is 1. The molecule has 2 aliphatic rings. The molecule has 1 aliphatic carbocycles. The fourth-order valence-electron chi connectivity index (χ4n) is 3.95. The van der Waals surface area contributed by atoms with Gasteiger partial charge in [-0.05, 0) is 37.0 Å². The van der Waals surface area contributed by atoms with Crippen molar-refractivity contribution in [3.63, 3.8) is 0 Å². The molecule has 31 heavy (non-hydrogen) atoms. The van der Waals surface area contributed by atoms with Crippen molar-refractivity contribution >= 4 is 40.1 Å². The van der Waals surface area contributed by atoms with E-state index in [1.165, 1.54) is 29.2 Å². The van der Waals surface area contributed by atoms with Crippen LogP contribution in [0.4, 0.5) is 4.39 Å². The number of piperidine rings is 1. The average Bonchev–Trinajstić information content (AvgIpc) is 3.48. The Morgan fingerprint density at radius 1 is 1.26 bits per heavy atom. The number of thiazole rings is 1. The number of hydrogen-bond donors (Lipinski definition) is 0. The van der Waals surface area contributed by atoms with E-state index in [1.54, 1.807) is 23.7 Å². The third-order valence-corrected chi connectivity index (χ3v) is 7.94. The second-order valence-electron chi connectivity index (χ2n) is 8.57. The molecule has 0 amide bonds. The van der Waals surface area contributed by atoms with E-state index in [1.807, 2.05) is 25.3 Å². The van der Waals surface area contributed by atoms with Gasteiger partial charge in [-0.3, -0.25) is 14.5 Å². The first-order chi connectivity index (χ1) is 14.9. The van der Waals surface area contributed by atoms with Crippen molar-refractivity contribution in [3.8, 4) is 0 Å². The molecule has 4 nitrogen and oxygen atoms in total. The number of carbonyl (C=O) groups is 2. The molecular weight excluding hydrogens is 431 g/mol. The number of benzene rings is 1. The molecule has 2 fully saturated rings. The topological polar surface area (TPSA) is 50.3 Å². The molecule has 1 saturated carbocycles. The van der Waals surface area contributed by atoms with Gasteiger partial charge in [0.1, 0.15) is 5.82 Å². The van der Waals surface area contributed by atoms with Gasteiger partial charge < -0.3 is 0 Å². The van der Waals surface area contributed by atoms with Gasteiger partial charge in [0.25, 0.3) is 0 Å². The second-order valence-corrected chi connectivity index (χ2v) is 10.5. The van der Waals surface area contributed by atoms with Crippen molar-refractivity contribution < 1.29 is 14.0 Å². The van der Waals surface area contributed by atoms with Crippen LogP contribution in [-0.4, -0.2) is 39.1 Å². The predicted molar refractivity (Wildman–Crippen MR) is 124 cm³/mol. The van der Waals surface area contributed by atoms with Gasteiger partial charge in [-0.1, -0.05) is 43.8 Å². The van der Waals surface area contributed by atoms with E-state index in [2.05, 4.69) is 9.88 Å². The van der Waals surface area contributed by atoms with Crippen LogP contribution in [-0.2, 0) is 9.59 Å². The molecule has 2 heterocycles. The number of ketones is 1. The summed E-state index contributed by atoms with van der Waals surface area (Å²) >= 11 is 2.91. The standard InChI is InChI=1S/C24H27FN2O2S2/c1-15(2)24(29)31-21-9-10-27(12-17(21)11-18-13-30-14-26-18)22(23(28)16-7-8-16)19-5-3-4-6-20(19)25/h3-6,11,13-16,21-22H,7-10,12H2,1-2H3. The lowest BCUT2D eigenvalue weighted by atomic mass is 9.93. The fraction of sp³-hybridized carbons (Fsp3) is 0.458. The summed E-state index contributed by atoms with van der Waals surface area (Å²) in [5, 5.41) is 2.19. The first kappa shape index (κ1) is 22.4. The maximum atomic E-state index is 14.7. The third kappa shape index (κ3) is 5.33. The molecule has 7 heteroatoms. The lowest BCUT2D eigenvalue weighted by molar-refractivity contribution is -0.126. The number of thioether (sulfide) groups is 1. The first-order valence-electron chi connectivity index (χ1n) is 10.8. The summed E-state index contributed by atoms with van der Waals surface area (Å²) in [5.74, 6) is -0.225. The lowest BCUT2D eigenvalue weighted by Gasteiger charge is -2.38. The van der Waals surface area contributed by atoms with Gasteiger partial charge in [-0.15, -0.1) is 11.3 Å². The number of Topliss-reactive ketones (excluding diaryl/α,β-unsaturated/α-hetero) is 1. The number of rotatable bonds is 7. The molecule has 2 unspecified atom stereocenters. The Morgan fingerprint density at radius 2 is 2.03 bits per heavy atom. The second kappa shape index (κ2) is 9.76. The summed E-state index contributed by atoms with van der Waals surface area (Å²) in [7, 11) is 0. The van der Waals surface area contributed by atoms with Gasteiger partial charge in [-0.2, -0.15) is 0 Å². The molecule has 1 aromatic heterocycles. The summed E-state index contributed by atoms with van der Waals surface area (Å²) in [6.07, 6.45) is 4.55. The zero-order valence-corrected chi connectivity index (χ0v) is 19.4. The highest BCUT2D eigenvalue weighted by atomic mass is 32.2. The number of halogens is 1. The highest BCUT2D eigenvalue weighted by Gasteiger charge is 2.41. The number of carbonyl (C=O) groups excluding carboxylic acids is 2. The largest absolute Gasteiger partial charge is 0.297 e. The van der Waals surface area contributed by atoms with Crippen molar-refractivity contribution in [2.75, 3.05) is 13.1 Å². The zero-order chi connectivity index (χ0) is 22.0. The van der Waals surface area contributed by atoms with Gasteiger partial charge in [0.05, 0.1) is 17.2 Å². The molecule has 0 radical (unpaired) electrons. The van der Waals surface area contributed by atoms with E-state index in [9.17, 15) is 14.0 Å². The van der Waals surface area contributed by atoms with E-state index in [4.69, 9.17) is 0 Å². The Morgan fingerprint density at radius 3 is 2.68 bits per heavy atom. The van der Waals surface area contributed by atoms with Crippen molar-refractivity contribution in [2.24, 2.45) is 11.8 Å². The Balaban J connectivity index is 1.64. The van der Waals surface area contributed by atoms with Crippen molar-refractivity contribution in [1.82, 2.24) is 9.88 Å². The first-order valence-corrected chi connectivity index (χ1v) is 12.6. The lowest BCUT2D eigenvalue weighted by Crippen LogP contribution is -2.43. The van der Waals surface area contributed by atoms with Crippen LogP contribution in [0.25, 0.3) is 6.08 Å². The molecular formula is C24H27FN2O2S2. The normalized spacial score (nSPS) is 22.1. The van der Waals surface area contributed by atoms with E-state index in [0.717, 1.165) is 30.5 Å². The van der Waals surface area contributed by atoms with E-state index >= 15 is 0 Å². The minimum absolute atomic E-state index is 0.0326. The van der Waals surface area contributed by atoms with Crippen LogP contribution in [0.1, 0.15) is 50.4 Å². The summed E-state index contributed by atoms with van der Waals surface area (Å²) in [6.45, 7) is 5.00. The Bertz CT molecular complexity index is 970. The van der Waals surface area contributed by atoms with Crippen LogP contribution in [0.5, 0.6) is 0 Å². The maximum Gasteiger partial charge on any atom is 0.192 e. The molecule has 1 aromatic carbocycles. The van der Waals surface area contributed by atoms with Crippen molar-refractivity contribution in [1.29, 1.82) is 0 Å². The smallest absolute Gasteiger partial charge is 0.192 e. The quantitative estimate of drug-likeness (QED) is 0.558. The van der Waals surface area contributed by atoms with Gasteiger partial charge >= 0.3 is 0 Å². The van der Waals surface area contributed by atoms with Gasteiger partial charge in [0.2, 0.25) is 0 Å². The fourth-order valence-corrected chi connectivity index (χ4v) is 5.54. The van der Waals surface area contributed by atoms with Crippen LogP contribution < -0.4 is 0 Å². The molecule has 164 valence electrons. The number of hydrogen-bond acceptors (Lipinski definition) is 6. The number of aromatic nitrogens is 1. The SMILES string of the molecule is CC(C)C(=O)SC1CCN(C(C(=O)C2CC2)c2ccccc2F)CC1=Cc1cscn1. The molecule has 0 bridgehead atoms. The van der Waals surface area contributed by atoms with Crippen LogP contribution in [0.15, 0.2) is 40.7 Å². The molecule has 1 saturated heterocycles. The minimum atomic E-state index is -0.584. The van der Waals surface area contributed by atoms with Crippen LogP contribution in [0.3, 0.4) is 0 Å². The van der Waals surface area contributed by atoms with Gasteiger partial charge in [0, 0.05) is 41.1 Å². The summed E-state index contributed by atoms with van der Waals surface area (Å²) in [4.78, 5) is 32.2. The molecule has 0 N–H and O–H groups in total. The van der Waals surface area contributed by atoms with E-state index in [0.29, 0.717) is 18.7 Å². The summed E-state index contributed by atoms with van der Waals surface area (Å²) < 4.78 is 14.7. The van der Waals surface area contributed by atoms with Crippen molar-refractivity contribution in [2.45, 2.75) is 44.4 Å². The highest BCUT2D eigenvalue weighted by molar-refractivity contribution is 8.14. The Hall–Kier alpha value is -1.83. The Kier molecular flexibility index (Phi) is 7.04. The highest BCUT2D eigenvalue weighted by Crippen LogP contribution is 2.41.